The van der Waals surface area contributed by atoms with Gasteiger partial charge in [-0.25, -0.2) is 8.78 Å². The van der Waals surface area contributed by atoms with Gasteiger partial charge in [-0.2, -0.15) is 0 Å². The first kappa shape index (κ1) is 15.6. The monoisotopic (exact) mass is 339 g/mol. The molecule has 0 spiro atoms. The zero-order chi connectivity index (χ0) is 16.4. The minimum absolute atomic E-state index is 0.0348. The summed E-state index contributed by atoms with van der Waals surface area (Å²) in [5.41, 5.74) is 0.739. The predicted molar refractivity (Wildman–Crippen MR) is 80.0 cm³/mol. The predicted octanol–water partition coefficient (Wildman–Crippen LogP) is 3.32. The number of carbonyl (C=O) groups is 1. The van der Waals surface area contributed by atoms with E-state index < -0.39 is 17.5 Å². The van der Waals surface area contributed by atoms with Gasteiger partial charge >= 0.3 is 0 Å². The van der Waals surface area contributed by atoms with E-state index in [1.165, 1.54) is 6.07 Å². The minimum Gasteiger partial charge on any atom is -0.486 e. The van der Waals surface area contributed by atoms with Crippen LogP contribution in [0.15, 0.2) is 30.3 Å². The lowest BCUT2D eigenvalue weighted by Gasteiger charge is -2.20. The molecule has 0 aromatic heterocycles. The quantitative estimate of drug-likeness (QED) is 0.933. The van der Waals surface area contributed by atoms with Crippen molar-refractivity contribution in [1.29, 1.82) is 0 Å². The van der Waals surface area contributed by atoms with Gasteiger partial charge in [0.05, 0.1) is 5.02 Å². The molecule has 0 saturated carbocycles. The van der Waals surface area contributed by atoms with Gasteiger partial charge in [-0.3, -0.25) is 4.79 Å². The number of carbonyl (C=O) groups excluding carboxylic acids is 1. The van der Waals surface area contributed by atoms with Crippen LogP contribution >= 0.6 is 11.6 Å². The van der Waals surface area contributed by atoms with Gasteiger partial charge in [0, 0.05) is 12.1 Å². The number of amides is 1. The third kappa shape index (κ3) is 3.37. The van der Waals surface area contributed by atoms with E-state index in [1.54, 1.807) is 12.1 Å². The van der Waals surface area contributed by atoms with E-state index in [9.17, 15) is 13.6 Å². The molecular weight excluding hydrogens is 328 g/mol. The third-order valence-corrected chi connectivity index (χ3v) is 3.57. The van der Waals surface area contributed by atoms with Crippen molar-refractivity contribution in [3.63, 3.8) is 0 Å². The largest absolute Gasteiger partial charge is 0.486 e. The molecule has 4 nitrogen and oxygen atoms in total. The Morgan fingerprint density at radius 2 is 1.91 bits per heavy atom. The molecule has 1 N–H and O–H groups in total. The summed E-state index contributed by atoms with van der Waals surface area (Å²) in [6.45, 7) is 1.01. The van der Waals surface area contributed by atoms with Crippen LogP contribution in [0.2, 0.25) is 5.02 Å². The molecule has 0 unspecified atom stereocenters. The Kier molecular flexibility index (Phi) is 4.34. The summed E-state index contributed by atoms with van der Waals surface area (Å²) in [7, 11) is 0. The first-order valence-electron chi connectivity index (χ1n) is 6.86. The van der Waals surface area contributed by atoms with Gasteiger partial charge in [0.2, 0.25) is 0 Å². The summed E-state index contributed by atoms with van der Waals surface area (Å²) < 4.78 is 36.9. The van der Waals surface area contributed by atoms with Crippen LogP contribution < -0.4 is 14.8 Å². The van der Waals surface area contributed by atoms with E-state index in [-0.39, 0.29) is 12.1 Å². The van der Waals surface area contributed by atoms with Crippen LogP contribution in [0.5, 0.6) is 11.5 Å². The van der Waals surface area contributed by atoms with E-state index in [0.717, 1.165) is 12.1 Å². The molecule has 7 heteroatoms. The number of halogens is 3. The Hall–Kier alpha value is -2.34. The van der Waals surface area contributed by atoms with Gasteiger partial charge < -0.3 is 14.8 Å². The highest BCUT2D eigenvalue weighted by atomic mass is 35.5. The van der Waals surface area contributed by atoms with Gasteiger partial charge in [-0.05, 0) is 35.9 Å². The third-order valence-electron chi connectivity index (χ3n) is 3.29. The fraction of sp³-hybridized carbons (Fsp3) is 0.188. The van der Waals surface area contributed by atoms with Crippen molar-refractivity contribution in [1.82, 2.24) is 5.32 Å². The van der Waals surface area contributed by atoms with Crippen LogP contribution in [-0.2, 0) is 6.54 Å². The molecule has 0 bridgehead atoms. The van der Waals surface area contributed by atoms with E-state index in [4.69, 9.17) is 21.1 Å². The normalized spacial score (nSPS) is 12.8. The molecule has 120 valence electrons. The highest BCUT2D eigenvalue weighted by molar-refractivity contribution is 6.32. The number of fused-ring (bicyclic) bond motifs is 1. The number of hydrogen-bond donors (Lipinski definition) is 1. The minimum atomic E-state index is -1.07. The second kappa shape index (κ2) is 6.42. The summed E-state index contributed by atoms with van der Waals surface area (Å²) in [4.78, 5) is 12.0. The molecule has 0 saturated heterocycles. The molecule has 1 heterocycles. The van der Waals surface area contributed by atoms with Crippen molar-refractivity contribution < 1.29 is 23.0 Å². The lowest BCUT2D eigenvalue weighted by atomic mass is 10.1. The van der Waals surface area contributed by atoms with Crippen molar-refractivity contribution in [2.24, 2.45) is 0 Å². The van der Waals surface area contributed by atoms with Crippen LogP contribution in [0.1, 0.15) is 15.9 Å². The molecule has 23 heavy (non-hydrogen) atoms. The second-order valence-electron chi connectivity index (χ2n) is 4.91. The maximum atomic E-state index is 13.1. The summed E-state index contributed by atoms with van der Waals surface area (Å²) >= 11 is 6.11. The molecule has 1 aliphatic rings. The Bertz CT molecular complexity index is 767. The maximum absolute atomic E-state index is 13.1. The summed E-state index contributed by atoms with van der Waals surface area (Å²) in [5.74, 6) is -1.59. The number of benzene rings is 2. The van der Waals surface area contributed by atoms with Crippen molar-refractivity contribution in [2.75, 3.05) is 13.2 Å². The summed E-state index contributed by atoms with van der Waals surface area (Å²) in [5, 5.41) is 3.00. The highest BCUT2D eigenvalue weighted by Crippen LogP contribution is 2.38. The average Bonchev–Trinajstić information content (AvgIpc) is 2.55. The van der Waals surface area contributed by atoms with Crippen molar-refractivity contribution >= 4 is 17.5 Å². The van der Waals surface area contributed by atoms with Crippen LogP contribution in [0.25, 0.3) is 0 Å². The Balaban J connectivity index is 1.71. The Labute approximate surface area is 136 Å². The molecule has 3 rings (SSSR count). The zero-order valence-electron chi connectivity index (χ0n) is 11.9. The molecule has 0 fully saturated rings. The van der Waals surface area contributed by atoms with Crippen LogP contribution in [0.4, 0.5) is 8.78 Å². The number of rotatable bonds is 3. The molecule has 0 aliphatic carbocycles. The number of ether oxygens (including phenoxy) is 2. The number of hydrogen-bond acceptors (Lipinski definition) is 3. The van der Waals surface area contributed by atoms with E-state index in [1.807, 2.05) is 0 Å². The average molecular weight is 340 g/mol. The second-order valence-corrected chi connectivity index (χ2v) is 5.32. The topological polar surface area (TPSA) is 47.6 Å². The van der Waals surface area contributed by atoms with Gasteiger partial charge in [0.1, 0.15) is 13.2 Å². The maximum Gasteiger partial charge on any atom is 0.251 e. The molecule has 0 atom stereocenters. The Morgan fingerprint density at radius 3 is 2.70 bits per heavy atom. The number of nitrogens with one attached hydrogen (secondary N) is 1. The molecule has 1 amide bonds. The zero-order valence-corrected chi connectivity index (χ0v) is 12.6. The van der Waals surface area contributed by atoms with Gasteiger partial charge in [0.15, 0.2) is 23.1 Å². The molecular formula is C16H12ClF2NO3. The Morgan fingerprint density at radius 1 is 1.13 bits per heavy atom. The smallest absolute Gasteiger partial charge is 0.251 e. The van der Waals surface area contributed by atoms with Gasteiger partial charge in [0.25, 0.3) is 5.91 Å². The lowest BCUT2D eigenvalue weighted by molar-refractivity contribution is 0.0950. The standard InChI is InChI=1S/C16H12ClF2NO3/c17-11-5-9(6-14-15(11)23-4-3-22-14)8-20-16(21)10-1-2-12(18)13(19)7-10/h1-2,5-7H,3-4,8H2,(H,20,21). The molecule has 0 radical (unpaired) electrons. The van der Waals surface area contributed by atoms with E-state index in [0.29, 0.717) is 35.3 Å². The van der Waals surface area contributed by atoms with Crippen molar-refractivity contribution in [3.8, 4) is 11.5 Å². The van der Waals surface area contributed by atoms with Crippen LogP contribution in [0.3, 0.4) is 0 Å². The molecule has 2 aromatic carbocycles. The first-order chi connectivity index (χ1) is 11.0. The van der Waals surface area contributed by atoms with Gasteiger partial charge in [-0.1, -0.05) is 11.6 Å². The SMILES string of the molecule is O=C(NCc1cc(Cl)c2c(c1)OCCO2)c1ccc(F)c(F)c1. The summed E-state index contributed by atoms with van der Waals surface area (Å²) in [6, 6.07) is 6.34. The van der Waals surface area contributed by atoms with E-state index >= 15 is 0 Å². The summed E-state index contributed by atoms with van der Waals surface area (Å²) in [6.07, 6.45) is 0. The highest BCUT2D eigenvalue weighted by Gasteiger charge is 2.17. The van der Waals surface area contributed by atoms with Gasteiger partial charge in [-0.15, -0.1) is 0 Å². The van der Waals surface area contributed by atoms with Crippen molar-refractivity contribution in [3.05, 3.63) is 58.1 Å². The van der Waals surface area contributed by atoms with Crippen LogP contribution in [-0.4, -0.2) is 19.1 Å². The molecule has 1 aliphatic heterocycles. The first-order valence-corrected chi connectivity index (χ1v) is 7.23. The van der Waals surface area contributed by atoms with E-state index in [2.05, 4.69) is 5.32 Å². The fourth-order valence-corrected chi connectivity index (χ4v) is 2.48. The molecule has 2 aromatic rings. The lowest BCUT2D eigenvalue weighted by Crippen LogP contribution is -2.23. The van der Waals surface area contributed by atoms with Crippen molar-refractivity contribution in [2.45, 2.75) is 6.54 Å². The fourth-order valence-electron chi connectivity index (χ4n) is 2.19. The van der Waals surface area contributed by atoms with Crippen LogP contribution in [0, 0.1) is 11.6 Å².